The van der Waals surface area contributed by atoms with Crippen LogP contribution in [0.3, 0.4) is 0 Å². The molecule has 6 nitrogen and oxygen atoms in total. The maximum atomic E-state index is 13.7. The fourth-order valence-electron chi connectivity index (χ4n) is 5.49. The summed E-state index contributed by atoms with van der Waals surface area (Å²) in [5.41, 5.74) is 3.43. The number of benzene rings is 2. The lowest BCUT2D eigenvalue weighted by Crippen LogP contribution is -2.59. The van der Waals surface area contributed by atoms with Crippen molar-refractivity contribution < 1.29 is 14.0 Å². The van der Waals surface area contributed by atoms with Crippen molar-refractivity contribution in [3.8, 4) is 0 Å². The Kier molecular flexibility index (Phi) is 5.59. The van der Waals surface area contributed by atoms with Gasteiger partial charge in [-0.05, 0) is 79.2 Å². The van der Waals surface area contributed by atoms with E-state index in [0.29, 0.717) is 24.4 Å². The van der Waals surface area contributed by atoms with Crippen LogP contribution in [0.1, 0.15) is 45.9 Å². The van der Waals surface area contributed by atoms with Crippen molar-refractivity contribution in [2.75, 3.05) is 33.2 Å². The highest BCUT2D eigenvalue weighted by atomic mass is 19.1. The summed E-state index contributed by atoms with van der Waals surface area (Å²) in [5, 5.41) is 5.97. The minimum atomic E-state index is -0.370. The van der Waals surface area contributed by atoms with Gasteiger partial charge in [-0.1, -0.05) is 18.2 Å². The van der Waals surface area contributed by atoms with E-state index in [4.69, 9.17) is 0 Å². The zero-order valence-electron chi connectivity index (χ0n) is 18.3. The van der Waals surface area contributed by atoms with Crippen LogP contribution in [0.2, 0.25) is 0 Å². The molecule has 3 fully saturated rings. The fraction of sp³-hybridized carbons (Fsp3) is 0.440. The van der Waals surface area contributed by atoms with Crippen LogP contribution in [-0.4, -0.2) is 61.0 Å². The molecule has 3 amide bonds. The Labute approximate surface area is 187 Å². The molecule has 4 aliphatic heterocycles. The molecule has 32 heavy (non-hydrogen) atoms. The van der Waals surface area contributed by atoms with Crippen LogP contribution in [0, 0.1) is 11.7 Å². The number of amides is 3. The molecular formula is C25H29FN4O2. The predicted molar refractivity (Wildman–Crippen MR) is 120 cm³/mol. The number of nitrogens with zero attached hydrogens (tertiary/aromatic N) is 2. The summed E-state index contributed by atoms with van der Waals surface area (Å²) in [6.45, 7) is 3.72. The topological polar surface area (TPSA) is 64.7 Å². The molecule has 0 spiro atoms. The first-order chi connectivity index (χ1) is 15.5. The first-order valence-corrected chi connectivity index (χ1v) is 11.4. The van der Waals surface area contributed by atoms with Crippen molar-refractivity contribution in [2.45, 2.75) is 31.3 Å². The number of hydrogen-bond donors (Lipinski definition) is 2. The summed E-state index contributed by atoms with van der Waals surface area (Å²) < 4.78 is 13.7. The minimum Gasteiger partial charge on any atom is -0.355 e. The molecule has 0 saturated carbocycles. The number of carbonyl (C=O) groups is 2. The van der Waals surface area contributed by atoms with Crippen molar-refractivity contribution in [3.05, 3.63) is 70.5 Å². The average molecular weight is 437 g/mol. The van der Waals surface area contributed by atoms with Crippen LogP contribution >= 0.6 is 0 Å². The molecule has 0 unspecified atom stereocenters. The van der Waals surface area contributed by atoms with Gasteiger partial charge in [0.05, 0.1) is 6.04 Å². The second kappa shape index (κ2) is 8.54. The summed E-state index contributed by atoms with van der Waals surface area (Å²) >= 11 is 0. The van der Waals surface area contributed by atoms with Crippen molar-refractivity contribution in [1.29, 1.82) is 0 Å². The van der Waals surface area contributed by atoms with Crippen LogP contribution in [0.25, 0.3) is 0 Å². The second-order valence-corrected chi connectivity index (χ2v) is 9.08. The van der Waals surface area contributed by atoms with Crippen LogP contribution in [-0.2, 0) is 6.42 Å². The molecule has 0 aliphatic carbocycles. The standard InChI is InChI=1S/C25H29FN4O2/c1-27-24(31)19-3-2-16-10-13-30(23(21(16)14-19)18-4-6-20(26)7-5-18)25(32)28-22-15-29-11-8-17(22)9-12-29/h2-7,14,17,22-23H,8-13,15H2,1H3,(H,27,31)(H,28,32)/t22-,23-/m0/s1. The molecule has 2 bridgehead atoms. The highest BCUT2D eigenvalue weighted by Gasteiger charge is 2.38. The Bertz CT molecular complexity index is 1020. The van der Waals surface area contributed by atoms with Crippen LogP contribution < -0.4 is 10.6 Å². The summed E-state index contributed by atoms with van der Waals surface area (Å²) in [6.07, 6.45) is 2.98. The van der Waals surface area contributed by atoms with Crippen LogP contribution in [0.15, 0.2) is 42.5 Å². The highest BCUT2D eigenvalue weighted by Crippen LogP contribution is 2.36. The Morgan fingerprint density at radius 1 is 1.03 bits per heavy atom. The average Bonchev–Trinajstić information content (AvgIpc) is 2.83. The van der Waals surface area contributed by atoms with E-state index < -0.39 is 0 Å². The van der Waals surface area contributed by atoms with E-state index in [0.717, 1.165) is 49.2 Å². The van der Waals surface area contributed by atoms with Gasteiger partial charge in [0.1, 0.15) is 5.82 Å². The smallest absolute Gasteiger partial charge is 0.318 e. The quantitative estimate of drug-likeness (QED) is 0.778. The third-order valence-electron chi connectivity index (χ3n) is 7.28. The molecule has 2 aromatic rings. The number of halogens is 1. The first kappa shape index (κ1) is 20.9. The van der Waals surface area contributed by atoms with E-state index >= 15 is 0 Å². The molecule has 2 aromatic carbocycles. The van der Waals surface area contributed by atoms with Gasteiger partial charge in [-0.15, -0.1) is 0 Å². The Balaban J connectivity index is 1.48. The number of urea groups is 1. The van der Waals surface area contributed by atoms with Gasteiger partial charge in [0.15, 0.2) is 0 Å². The molecule has 7 heteroatoms. The van der Waals surface area contributed by atoms with Gasteiger partial charge in [0.2, 0.25) is 0 Å². The number of piperidine rings is 3. The Morgan fingerprint density at radius 3 is 2.44 bits per heavy atom. The lowest BCUT2D eigenvalue weighted by atomic mass is 9.84. The van der Waals surface area contributed by atoms with Gasteiger partial charge in [-0.25, -0.2) is 9.18 Å². The van der Waals surface area contributed by atoms with Crippen molar-refractivity contribution in [3.63, 3.8) is 0 Å². The molecule has 168 valence electrons. The first-order valence-electron chi connectivity index (χ1n) is 11.4. The predicted octanol–water partition coefficient (Wildman–Crippen LogP) is 2.94. The molecule has 6 rings (SSSR count). The molecule has 0 radical (unpaired) electrons. The van der Waals surface area contributed by atoms with Gasteiger partial charge in [0.25, 0.3) is 5.91 Å². The van der Waals surface area contributed by atoms with Gasteiger partial charge in [-0.2, -0.15) is 0 Å². The normalized spacial score (nSPS) is 26.4. The lowest BCUT2D eigenvalue weighted by Gasteiger charge is -2.46. The molecule has 2 atom stereocenters. The monoisotopic (exact) mass is 436 g/mol. The largest absolute Gasteiger partial charge is 0.355 e. The molecule has 3 saturated heterocycles. The molecule has 4 aliphatic rings. The van der Waals surface area contributed by atoms with E-state index in [1.807, 2.05) is 23.1 Å². The van der Waals surface area contributed by atoms with E-state index in [-0.39, 0.29) is 29.8 Å². The van der Waals surface area contributed by atoms with Crippen molar-refractivity contribution in [1.82, 2.24) is 20.4 Å². The van der Waals surface area contributed by atoms with E-state index in [1.165, 1.54) is 12.1 Å². The maximum absolute atomic E-state index is 13.7. The summed E-state index contributed by atoms with van der Waals surface area (Å²) in [5.74, 6) is 0.0526. The third kappa shape index (κ3) is 3.86. The van der Waals surface area contributed by atoms with Crippen LogP contribution in [0.5, 0.6) is 0 Å². The van der Waals surface area contributed by atoms with Gasteiger partial charge >= 0.3 is 6.03 Å². The molecule has 0 aromatic heterocycles. The van der Waals surface area contributed by atoms with Crippen molar-refractivity contribution >= 4 is 11.9 Å². The minimum absolute atomic E-state index is 0.0888. The van der Waals surface area contributed by atoms with Crippen molar-refractivity contribution in [2.24, 2.45) is 5.92 Å². The SMILES string of the molecule is CNC(=O)c1ccc2c(c1)[C@H](c1ccc(F)cc1)N(C(=O)N[C@H]1CN3CCC1CC3)CC2. The van der Waals surface area contributed by atoms with Gasteiger partial charge < -0.3 is 20.4 Å². The van der Waals surface area contributed by atoms with Crippen LogP contribution in [0.4, 0.5) is 9.18 Å². The second-order valence-electron chi connectivity index (χ2n) is 9.08. The number of nitrogens with one attached hydrogen (secondary N) is 2. The van der Waals surface area contributed by atoms with Gasteiger partial charge in [-0.3, -0.25) is 4.79 Å². The molecule has 4 heterocycles. The molecular weight excluding hydrogens is 407 g/mol. The van der Waals surface area contributed by atoms with E-state index in [9.17, 15) is 14.0 Å². The van der Waals surface area contributed by atoms with E-state index in [1.54, 1.807) is 19.2 Å². The lowest BCUT2D eigenvalue weighted by molar-refractivity contribution is 0.0715. The number of hydrogen-bond acceptors (Lipinski definition) is 3. The maximum Gasteiger partial charge on any atom is 0.318 e. The van der Waals surface area contributed by atoms with E-state index in [2.05, 4.69) is 15.5 Å². The van der Waals surface area contributed by atoms with Gasteiger partial charge in [0, 0.05) is 31.7 Å². The summed E-state index contributed by atoms with van der Waals surface area (Å²) in [7, 11) is 1.60. The number of rotatable bonds is 3. The Hall–Kier alpha value is -2.93. The third-order valence-corrected chi connectivity index (χ3v) is 7.28. The zero-order valence-corrected chi connectivity index (χ0v) is 18.3. The Morgan fingerprint density at radius 2 is 1.78 bits per heavy atom. The summed E-state index contributed by atoms with van der Waals surface area (Å²) in [4.78, 5) is 30.1. The number of fused-ring (bicyclic) bond motifs is 4. The highest BCUT2D eigenvalue weighted by molar-refractivity contribution is 5.94. The summed E-state index contributed by atoms with van der Waals surface area (Å²) in [6, 6.07) is 11.7. The molecule has 2 N–H and O–H groups in total. The number of carbonyl (C=O) groups excluding carboxylic acids is 2. The fourth-order valence-corrected chi connectivity index (χ4v) is 5.49. The zero-order chi connectivity index (χ0) is 22.2.